The van der Waals surface area contributed by atoms with E-state index in [9.17, 15) is 27.6 Å². The highest BCUT2D eigenvalue weighted by atomic mass is 32.2. The average Bonchev–Trinajstić information content (AvgIpc) is 0.796. The Balaban J connectivity index is 1.01. The van der Waals surface area contributed by atoms with Gasteiger partial charge in [0, 0.05) is 11.4 Å². The van der Waals surface area contributed by atoms with Crippen molar-refractivity contribution < 1.29 is 133 Å². The van der Waals surface area contributed by atoms with Gasteiger partial charge in [0.2, 0.25) is 21.9 Å². The number of hydrogen-bond acceptors (Lipinski definition) is 32. The second kappa shape index (κ2) is 62.9. The number of Topliss-reactive ketones (excluding diaryl/α,β-unsaturated/α-hetero) is 2. The fourth-order valence-corrected chi connectivity index (χ4v) is 9.78. The largest absolute Gasteiger partial charge is 0.491 e. The van der Waals surface area contributed by atoms with Crippen molar-refractivity contribution in [1.82, 2.24) is 0 Å². The van der Waals surface area contributed by atoms with Crippen molar-refractivity contribution >= 4 is 56.0 Å². The number of carbonyl (C=O) groups is 4. The van der Waals surface area contributed by atoms with Gasteiger partial charge in [-0.05, 0) is 98.8 Å². The number of benzene rings is 4. The zero-order valence-electron chi connectivity index (χ0n) is 61.4. The fraction of sp³-hybridized carbons (Fsp3) is 0.611. The van der Waals surface area contributed by atoms with Crippen LogP contribution in [0.15, 0.2) is 127 Å². The van der Waals surface area contributed by atoms with Gasteiger partial charge in [-0.3, -0.25) is 19.2 Å². The van der Waals surface area contributed by atoms with Crippen molar-refractivity contribution in [3.63, 3.8) is 0 Å². The molecule has 4 N–H and O–H groups in total. The maximum Gasteiger partial charge on any atom is 0.258 e. The summed E-state index contributed by atoms with van der Waals surface area (Å²) in [6.07, 6.45) is 0. The van der Waals surface area contributed by atoms with Gasteiger partial charge < -0.3 is 116 Å². The summed E-state index contributed by atoms with van der Waals surface area (Å²) in [7, 11) is -4.28. The molecule has 600 valence electrons. The lowest BCUT2D eigenvalue weighted by atomic mass is 10.2. The summed E-state index contributed by atoms with van der Waals surface area (Å²) in [6.45, 7) is 17.9. The van der Waals surface area contributed by atoms with Crippen molar-refractivity contribution in [3.8, 4) is 11.5 Å². The van der Waals surface area contributed by atoms with Gasteiger partial charge in [0.1, 0.15) is 24.7 Å². The molecular weight excluding hydrogens is 1430 g/mol. The van der Waals surface area contributed by atoms with E-state index in [2.05, 4.69) is 31.1 Å². The van der Waals surface area contributed by atoms with E-state index in [4.69, 9.17) is 105 Å². The first-order valence-electron chi connectivity index (χ1n) is 35.4. The number of aliphatic hydroxyl groups is 2. The Labute approximate surface area is 625 Å². The molecule has 2 amide bonds. The maximum absolute atomic E-state index is 14.0. The minimum absolute atomic E-state index is 0.00221. The van der Waals surface area contributed by atoms with Crippen LogP contribution < -0.4 is 20.1 Å². The number of sulfone groups is 1. The lowest BCUT2D eigenvalue weighted by Crippen LogP contribution is -2.32. The molecule has 2 atom stereocenters. The molecule has 0 bridgehead atoms. The Morgan fingerprint density at radius 1 is 0.318 bits per heavy atom. The van der Waals surface area contributed by atoms with Crippen LogP contribution in [0.25, 0.3) is 0 Å². The third-order valence-corrected chi connectivity index (χ3v) is 15.5. The molecule has 0 aliphatic carbocycles. The molecule has 0 saturated heterocycles. The fourth-order valence-electron chi connectivity index (χ4n) is 8.43. The molecule has 0 fully saturated rings. The van der Waals surface area contributed by atoms with Gasteiger partial charge >= 0.3 is 0 Å². The van der Waals surface area contributed by atoms with E-state index in [1.807, 2.05) is 0 Å². The topological polar surface area (TPSA) is 401 Å². The van der Waals surface area contributed by atoms with E-state index in [0.29, 0.717) is 261 Å². The smallest absolute Gasteiger partial charge is 0.258 e. The third-order valence-electron chi connectivity index (χ3n) is 13.8. The van der Waals surface area contributed by atoms with Crippen LogP contribution in [0.3, 0.4) is 0 Å². The zero-order valence-corrected chi connectivity index (χ0v) is 62.2. The summed E-state index contributed by atoms with van der Waals surface area (Å²) in [5, 5.41) is 38.5. The minimum Gasteiger partial charge on any atom is -0.491 e. The molecular formula is C72H108N6O28S. The number of ether oxygens (including phenoxy) is 20. The molecule has 35 heteroatoms. The second-order valence-corrected chi connectivity index (χ2v) is 24.1. The quantitative estimate of drug-likeness (QED) is 0.0259. The van der Waals surface area contributed by atoms with Gasteiger partial charge in [0.15, 0.2) is 11.6 Å². The van der Waals surface area contributed by atoms with Crippen LogP contribution >= 0.6 is 0 Å². The average molecular weight is 1540 g/mol. The number of nitrogens with zero attached hydrogens (tertiary/aromatic N) is 4. The summed E-state index contributed by atoms with van der Waals surface area (Å²) in [6, 6.07) is 20.5. The van der Waals surface area contributed by atoms with Gasteiger partial charge in [0.05, 0.1) is 272 Å². The van der Waals surface area contributed by atoms with Crippen molar-refractivity contribution in [1.29, 1.82) is 0 Å². The van der Waals surface area contributed by atoms with Gasteiger partial charge in [0.25, 0.3) is 11.8 Å². The van der Waals surface area contributed by atoms with E-state index in [-0.39, 0.29) is 47.6 Å². The van der Waals surface area contributed by atoms with Crippen molar-refractivity contribution in [3.05, 3.63) is 97.1 Å². The molecule has 4 rings (SSSR count). The molecule has 4 aromatic carbocycles. The molecule has 0 aromatic heterocycles. The first-order valence-corrected chi connectivity index (χ1v) is 36.9. The number of hydrogen-bond donors (Lipinski definition) is 4. The predicted molar refractivity (Wildman–Crippen MR) is 386 cm³/mol. The number of rotatable bonds is 72. The summed E-state index contributed by atoms with van der Waals surface area (Å²) in [5.74, 6) is -1.92. The number of nitrogens with one attached hydrogen (secondary N) is 2. The molecule has 4 aromatic rings. The molecule has 107 heavy (non-hydrogen) atoms. The second-order valence-electron chi connectivity index (χ2n) is 22.1. The van der Waals surface area contributed by atoms with E-state index in [1.165, 1.54) is 62.4 Å². The Morgan fingerprint density at radius 3 is 0.748 bits per heavy atom. The van der Waals surface area contributed by atoms with Gasteiger partial charge in [-0.2, -0.15) is 20.5 Å². The number of amides is 2. The van der Waals surface area contributed by atoms with E-state index in [0.717, 1.165) is 0 Å². The van der Waals surface area contributed by atoms with Crippen LogP contribution in [0.2, 0.25) is 0 Å². The SMILES string of the molecule is CC(=O)C(N=Nc1ccc(OCCOCCOCCOCCOCCOCCOCCOCCOCCOCCO)cc1)C(=O)Nc1cccc(S(=O)(=O)c2cccc(NC(=O)C(N=Nc3ccc(OCCOCCOCCOCCOCCOCCOCCOCCOCCOCCO)cc3)C(C)=O)c2)c1. The van der Waals surface area contributed by atoms with Crippen LogP contribution in [0.5, 0.6) is 11.5 Å². The number of aliphatic hydroxyl groups excluding tert-OH is 2. The third kappa shape index (κ3) is 46.9. The van der Waals surface area contributed by atoms with Crippen LogP contribution in [0.4, 0.5) is 22.7 Å². The summed E-state index contributed by atoms with van der Waals surface area (Å²) < 4.78 is 137. The summed E-state index contributed by atoms with van der Waals surface area (Å²) in [4.78, 5) is 51.7. The zero-order chi connectivity index (χ0) is 76.6. The molecule has 0 saturated carbocycles. The van der Waals surface area contributed by atoms with Crippen LogP contribution in [-0.4, -0.2) is 318 Å². The van der Waals surface area contributed by atoms with Crippen LogP contribution in [0, 0.1) is 0 Å². The van der Waals surface area contributed by atoms with Gasteiger partial charge in [-0.25, -0.2) is 8.42 Å². The Kier molecular flexibility index (Phi) is 54.4. The molecule has 0 heterocycles. The van der Waals surface area contributed by atoms with Gasteiger partial charge in [-0.15, -0.1) is 0 Å². The maximum atomic E-state index is 14.0. The molecule has 0 spiro atoms. The van der Waals surface area contributed by atoms with E-state index < -0.39 is 45.3 Å². The van der Waals surface area contributed by atoms with Crippen LogP contribution in [0.1, 0.15) is 13.8 Å². The minimum atomic E-state index is -4.28. The predicted octanol–water partition coefficient (Wildman–Crippen LogP) is 4.92. The van der Waals surface area contributed by atoms with Crippen molar-refractivity contribution in [2.45, 2.75) is 35.7 Å². The first-order chi connectivity index (χ1) is 52.4. The van der Waals surface area contributed by atoms with Crippen LogP contribution in [-0.2, 0) is 114 Å². The molecule has 2 unspecified atom stereocenters. The van der Waals surface area contributed by atoms with Crippen molar-refractivity contribution in [2.24, 2.45) is 20.5 Å². The highest BCUT2D eigenvalue weighted by molar-refractivity contribution is 7.91. The normalized spacial score (nSPS) is 12.3. The summed E-state index contributed by atoms with van der Waals surface area (Å²) in [5.41, 5.74) is 0.754. The lowest BCUT2D eigenvalue weighted by Gasteiger charge is -2.12. The lowest BCUT2D eigenvalue weighted by molar-refractivity contribution is -0.127. The van der Waals surface area contributed by atoms with Crippen molar-refractivity contribution in [2.75, 3.05) is 275 Å². The number of ketones is 2. The van der Waals surface area contributed by atoms with E-state index in [1.54, 1.807) is 48.5 Å². The number of azo groups is 2. The van der Waals surface area contributed by atoms with Gasteiger partial charge in [-0.1, -0.05) is 12.1 Å². The van der Waals surface area contributed by atoms with E-state index >= 15 is 0 Å². The monoisotopic (exact) mass is 1540 g/mol. The number of carbonyl (C=O) groups excluding carboxylic acids is 4. The highest BCUT2D eigenvalue weighted by Gasteiger charge is 2.27. The number of anilines is 2. The first kappa shape index (κ1) is 92.5. The standard InChI is InChI=1S/C72H108N6O28S/c1-59(81)69(77-75-61-9-13-65(14-10-61)105-55-53-103-51-49-101-47-45-99-43-41-97-39-37-95-35-33-93-31-29-91-27-25-89-23-21-87-19-17-79)71(83)73-63-5-3-7-67(57-63)107(85,86)68-8-4-6-64(58-68)74-72(84)70(60(2)82)78-76-62-11-15-66(16-12-62)106-56-54-104-52-50-102-48-46-100-44-42-98-40-38-96-36-34-94-32-30-92-28-26-90-24-22-88-20-18-80/h3-16,57-58,69-70,79-80H,17-56H2,1-2H3,(H,73,83)(H,74,84). The highest BCUT2D eigenvalue weighted by Crippen LogP contribution is 2.27. The summed E-state index contributed by atoms with van der Waals surface area (Å²) >= 11 is 0. The molecule has 0 radical (unpaired) electrons. The molecule has 0 aliphatic rings. The Hall–Kier alpha value is -6.89. The molecule has 0 aliphatic heterocycles. The Bertz CT molecular complexity index is 2910. The Morgan fingerprint density at radius 2 is 0.533 bits per heavy atom. The molecule has 34 nitrogen and oxygen atoms in total.